The smallest absolute Gasteiger partial charge is 0.305 e. The molecule has 4 rings (SSSR count). The fourth-order valence-corrected chi connectivity index (χ4v) is 5.87. The molecule has 0 aromatic heterocycles. The SMILES string of the molecule is C=CC[C@@](C)(OB1C2CCCC(CCC2)[C@@H]1c1ccccc1)c1ccc([N+](=O)[O-])cc1. The van der Waals surface area contributed by atoms with E-state index in [4.69, 9.17) is 4.65 Å². The molecule has 2 heterocycles. The Morgan fingerprint density at radius 3 is 2.32 bits per heavy atom. The number of nitro benzene ring substituents is 1. The van der Waals surface area contributed by atoms with Crippen LogP contribution >= 0.6 is 0 Å². The summed E-state index contributed by atoms with van der Waals surface area (Å²) >= 11 is 0. The second-order valence-corrected chi connectivity index (χ2v) is 9.43. The van der Waals surface area contributed by atoms with Gasteiger partial charge in [-0.1, -0.05) is 74.9 Å². The van der Waals surface area contributed by atoms with Gasteiger partial charge in [-0.05, 0) is 54.2 Å². The zero-order valence-electron chi connectivity index (χ0n) is 18.4. The number of benzene rings is 2. The first-order chi connectivity index (χ1) is 15.0. The van der Waals surface area contributed by atoms with Crippen LogP contribution in [0, 0.1) is 16.0 Å². The van der Waals surface area contributed by atoms with E-state index < -0.39 is 5.60 Å². The largest absolute Gasteiger partial charge is 0.426 e. The molecule has 2 saturated heterocycles. The van der Waals surface area contributed by atoms with E-state index in [1.54, 1.807) is 12.1 Å². The molecular weight excluding hydrogens is 385 g/mol. The highest BCUT2D eigenvalue weighted by Gasteiger charge is 2.47. The van der Waals surface area contributed by atoms with Gasteiger partial charge in [0.05, 0.1) is 10.5 Å². The molecule has 2 aromatic carbocycles. The van der Waals surface area contributed by atoms with Gasteiger partial charge in [-0.25, -0.2) is 0 Å². The minimum Gasteiger partial charge on any atom is -0.426 e. The Hall–Kier alpha value is -2.40. The van der Waals surface area contributed by atoms with Crippen molar-refractivity contribution in [3.63, 3.8) is 0 Å². The van der Waals surface area contributed by atoms with E-state index in [2.05, 4.69) is 43.8 Å². The van der Waals surface area contributed by atoms with Crippen molar-refractivity contribution < 1.29 is 9.58 Å². The van der Waals surface area contributed by atoms with Crippen LogP contribution in [0.15, 0.2) is 67.3 Å². The van der Waals surface area contributed by atoms with Crippen molar-refractivity contribution in [2.75, 3.05) is 0 Å². The van der Waals surface area contributed by atoms with Crippen molar-refractivity contribution in [1.82, 2.24) is 0 Å². The van der Waals surface area contributed by atoms with Crippen LogP contribution in [0.1, 0.15) is 68.8 Å². The summed E-state index contributed by atoms with van der Waals surface area (Å²) in [6.07, 6.45) is 10.1. The molecule has 2 aliphatic heterocycles. The van der Waals surface area contributed by atoms with Crippen LogP contribution < -0.4 is 0 Å². The highest BCUT2D eigenvalue weighted by molar-refractivity contribution is 6.56. The summed E-state index contributed by atoms with van der Waals surface area (Å²) in [5.74, 6) is 1.57. The second-order valence-electron chi connectivity index (χ2n) is 9.43. The lowest BCUT2D eigenvalue weighted by molar-refractivity contribution is -0.384. The number of nitrogens with zero attached hydrogens (tertiary/aromatic N) is 1. The third-order valence-electron chi connectivity index (χ3n) is 7.43. The maximum absolute atomic E-state index is 11.1. The minimum absolute atomic E-state index is 0.109. The standard InChI is InChI=1S/C26H32BNO3/c1-3-19-26(2,22-15-17-24(18-16-22)28(29)30)31-27-23-13-7-11-21(12-8-14-23)25(27)20-9-5-4-6-10-20/h3-6,9-10,15-18,21,23,25H,1,7-8,11-14,19H2,2H3/t21?,23?,25-,26+/m0/s1. The molecule has 4 nitrogen and oxygen atoms in total. The van der Waals surface area contributed by atoms with E-state index >= 15 is 0 Å². The summed E-state index contributed by atoms with van der Waals surface area (Å²) in [6, 6.07) is 17.8. The van der Waals surface area contributed by atoms with Crippen molar-refractivity contribution in [2.45, 2.75) is 69.1 Å². The molecule has 0 spiro atoms. The zero-order chi connectivity index (χ0) is 21.8. The number of hydrogen-bond acceptors (Lipinski definition) is 3. The van der Waals surface area contributed by atoms with E-state index in [1.165, 1.54) is 44.1 Å². The summed E-state index contributed by atoms with van der Waals surface area (Å²) in [6.45, 7) is 6.24. The second kappa shape index (κ2) is 9.39. The Balaban J connectivity index is 1.72. The fourth-order valence-electron chi connectivity index (χ4n) is 5.87. The molecule has 2 fully saturated rings. The molecule has 31 heavy (non-hydrogen) atoms. The van der Waals surface area contributed by atoms with Crippen molar-refractivity contribution in [3.8, 4) is 0 Å². The number of fused-ring (bicyclic) bond motifs is 3. The zero-order valence-corrected chi connectivity index (χ0v) is 18.4. The van der Waals surface area contributed by atoms with E-state index in [0.29, 0.717) is 24.0 Å². The quantitative estimate of drug-likeness (QED) is 0.209. The van der Waals surface area contributed by atoms with Gasteiger partial charge in [0.1, 0.15) is 0 Å². The van der Waals surface area contributed by atoms with Gasteiger partial charge in [-0.15, -0.1) is 6.58 Å². The van der Waals surface area contributed by atoms with Crippen LogP contribution in [0.2, 0.25) is 5.82 Å². The van der Waals surface area contributed by atoms with Crippen molar-refractivity contribution in [3.05, 3.63) is 88.5 Å². The van der Waals surface area contributed by atoms with Gasteiger partial charge in [0, 0.05) is 12.1 Å². The van der Waals surface area contributed by atoms with Crippen LogP contribution in [-0.4, -0.2) is 11.8 Å². The normalized spacial score (nSPS) is 25.3. The van der Waals surface area contributed by atoms with Gasteiger partial charge in [0.2, 0.25) is 0 Å². The molecule has 2 atom stereocenters. The number of rotatable bonds is 7. The first-order valence-corrected chi connectivity index (χ1v) is 11.6. The highest BCUT2D eigenvalue weighted by atomic mass is 16.6. The average molecular weight is 417 g/mol. The summed E-state index contributed by atoms with van der Waals surface area (Å²) in [5.41, 5.74) is 1.91. The summed E-state index contributed by atoms with van der Waals surface area (Å²) in [5, 5.41) is 11.1. The highest BCUT2D eigenvalue weighted by Crippen LogP contribution is 2.50. The molecule has 162 valence electrons. The predicted octanol–water partition coefficient (Wildman–Crippen LogP) is 7.07. The van der Waals surface area contributed by atoms with Gasteiger partial charge in [0.25, 0.3) is 5.69 Å². The van der Waals surface area contributed by atoms with E-state index in [1.807, 2.05) is 18.2 Å². The van der Waals surface area contributed by atoms with Gasteiger partial charge >= 0.3 is 6.92 Å². The van der Waals surface area contributed by atoms with Crippen LogP contribution in [0.25, 0.3) is 0 Å². The lowest BCUT2D eigenvalue weighted by Gasteiger charge is -2.39. The third kappa shape index (κ3) is 4.62. The summed E-state index contributed by atoms with van der Waals surface area (Å²) < 4.78 is 7.13. The molecule has 2 aromatic rings. The molecule has 0 saturated carbocycles. The van der Waals surface area contributed by atoms with Crippen molar-refractivity contribution in [2.24, 2.45) is 5.92 Å². The lowest BCUT2D eigenvalue weighted by Crippen LogP contribution is -2.41. The van der Waals surface area contributed by atoms with Gasteiger partial charge < -0.3 is 4.65 Å². The Morgan fingerprint density at radius 1 is 1.10 bits per heavy atom. The van der Waals surface area contributed by atoms with Gasteiger partial charge in [-0.2, -0.15) is 0 Å². The van der Waals surface area contributed by atoms with Crippen LogP contribution in [0.5, 0.6) is 0 Å². The van der Waals surface area contributed by atoms with Crippen LogP contribution in [0.3, 0.4) is 0 Å². The summed E-state index contributed by atoms with van der Waals surface area (Å²) in [7, 11) is 0. The molecule has 0 amide bonds. The number of nitro groups is 1. The first kappa shape index (κ1) is 21.8. The molecule has 2 bridgehead atoms. The van der Waals surface area contributed by atoms with Crippen molar-refractivity contribution in [1.29, 1.82) is 0 Å². The van der Waals surface area contributed by atoms with Gasteiger partial charge in [-0.3, -0.25) is 10.1 Å². The first-order valence-electron chi connectivity index (χ1n) is 11.6. The third-order valence-corrected chi connectivity index (χ3v) is 7.43. The molecule has 0 aliphatic carbocycles. The monoisotopic (exact) mass is 417 g/mol. The number of hydrogen-bond donors (Lipinski definition) is 0. The molecular formula is C26H32BNO3. The Bertz CT molecular complexity index is 891. The Kier molecular flexibility index (Phi) is 6.61. The van der Waals surface area contributed by atoms with E-state index in [-0.39, 0.29) is 17.5 Å². The average Bonchev–Trinajstić information content (AvgIpc) is 3.02. The predicted molar refractivity (Wildman–Crippen MR) is 126 cm³/mol. The Labute approximate surface area is 186 Å². The van der Waals surface area contributed by atoms with Crippen molar-refractivity contribution >= 4 is 12.6 Å². The molecule has 5 heteroatoms. The van der Waals surface area contributed by atoms with E-state index in [0.717, 1.165) is 5.56 Å². The molecule has 0 N–H and O–H groups in total. The Morgan fingerprint density at radius 2 is 1.74 bits per heavy atom. The minimum atomic E-state index is -0.563. The number of non-ortho nitro benzene ring substituents is 1. The van der Waals surface area contributed by atoms with Crippen LogP contribution in [0.4, 0.5) is 5.69 Å². The lowest BCUT2D eigenvalue weighted by atomic mass is 9.43. The molecule has 0 unspecified atom stereocenters. The van der Waals surface area contributed by atoms with Crippen LogP contribution in [-0.2, 0) is 10.3 Å². The topological polar surface area (TPSA) is 52.4 Å². The molecule has 0 radical (unpaired) electrons. The summed E-state index contributed by atoms with van der Waals surface area (Å²) in [4.78, 5) is 10.8. The maximum Gasteiger partial charge on any atom is 0.305 e. The van der Waals surface area contributed by atoms with Gasteiger partial charge in [0.15, 0.2) is 0 Å². The fraction of sp³-hybridized carbons (Fsp3) is 0.462. The maximum atomic E-state index is 11.1. The molecule has 2 aliphatic rings. The van der Waals surface area contributed by atoms with E-state index in [9.17, 15) is 10.1 Å².